The van der Waals surface area contributed by atoms with Crippen molar-refractivity contribution in [2.45, 2.75) is 106 Å². The minimum Gasteiger partial charge on any atom is -0.507 e. The van der Waals surface area contributed by atoms with Gasteiger partial charge in [0.2, 0.25) is 0 Å². The minimum absolute atomic E-state index is 0.0222. The molecule has 0 spiro atoms. The molecule has 2 aliphatic heterocycles. The number of aliphatic hydroxyl groups is 5. The summed E-state index contributed by atoms with van der Waals surface area (Å²) in [4.78, 5) is 0. The van der Waals surface area contributed by atoms with Crippen molar-refractivity contribution >= 4 is 21.5 Å². The largest absolute Gasteiger partial charge is 0.507 e. The number of aliphatic hydroxyl groups excluding tert-OH is 4. The Hall–Kier alpha value is -3.02. The normalized spacial score (nSPS) is 35.7. The van der Waals surface area contributed by atoms with Crippen LogP contribution in [0.25, 0.3) is 21.5 Å². The van der Waals surface area contributed by atoms with Gasteiger partial charge in [-0.3, -0.25) is 0 Å². The summed E-state index contributed by atoms with van der Waals surface area (Å²) in [5.41, 5.74) is 3.86. The van der Waals surface area contributed by atoms with Crippen LogP contribution in [-0.2, 0) is 25.4 Å². The van der Waals surface area contributed by atoms with Crippen LogP contribution in [0.4, 0.5) is 0 Å². The first kappa shape index (κ1) is 32.9. The van der Waals surface area contributed by atoms with Crippen LogP contribution in [-0.4, -0.2) is 113 Å². The van der Waals surface area contributed by atoms with E-state index in [-0.39, 0.29) is 51.9 Å². The predicted octanol–water partition coefficient (Wildman–Crippen LogP) is 0.608. The zero-order valence-corrected chi connectivity index (χ0v) is 25.4. The highest BCUT2D eigenvalue weighted by molar-refractivity contribution is 6.15. The Bertz CT molecular complexity index is 1590. The van der Waals surface area contributed by atoms with E-state index < -0.39 is 103 Å². The highest BCUT2D eigenvalue weighted by atomic mass is 16.7. The van der Waals surface area contributed by atoms with Crippen molar-refractivity contribution in [1.29, 1.82) is 0 Å². The van der Waals surface area contributed by atoms with Crippen LogP contribution in [0.5, 0.6) is 23.0 Å². The van der Waals surface area contributed by atoms with Crippen molar-refractivity contribution in [3.8, 4) is 23.0 Å². The van der Waals surface area contributed by atoms with Crippen molar-refractivity contribution in [2.24, 2.45) is 5.73 Å². The summed E-state index contributed by atoms with van der Waals surface area (Å²) < 4.78 is 24.0. The SMILES string of the molecule is C[C@@H]1O[C@@H](O[C@@H]2[C@H](C)O[C@H](O[C@H]3C[C@](O)(C(O)CO)Cc4c3c(O)c3c(O)c5ccccc5c(O)c3c4O)C[C@@H]2O)C[C@H](N)[C@@H]1O. The fourth-order valence-corrected chi connectivity index (χ4v) is 7.12. The zero-order chi connectivity index (χ0) is 33.2. The number of phenols is 4. The van der Waals surface area contributed by atoms with Crippen LogP contribution in [0.15, 0.2) is 24.3 Å². The molecule has 0 radical (unpaired) electrons. The Balaban J connectivity index is 1.35. The number of hydrogen-bond acceptors (Lipinski definition) is 14. The predicted molar refractivity (Wildman–Crippen MR) is 161 cm³/mol. The van der Waals surface area contributed by atoms with Crippen LogP contribution < -0.4 is 5.73 Å². The van der Waals surface area contributed by atoms with Crippen molar-refractivity contribution in [3.05, 3.63) is 35.4 Å². The molecule has 14 nitrogen and oxygen atoms in total. The number of aromatic hydroxyl groups is 4. The molecule has 1 unspecified atom stereocenters. The quantitative estimate of drug-likeness (QED) is 0.130. The molecule has 1 aliphatic carbocycles. The highest BCUT2D eigenvalue weighted by Crippen LogP contribution is 2.56. The molecule has 0 aromatic heterocycles. The van der Waals surface area contributed by atoms with Crippen LogP contribution in [0.2, 0.25) is 0 Å². The van der Waals surface area contributed by atoms with Crippen molar-refractivity contribution in [1.82, 2.24) is 0 Å². The fraction of sp³-hybridized carbons (Fsp3) is 0.562. The summed E-state index contributed by atoms with van der Waals surface area (Å²) in [6.45, 7) is 2.48. The maximum atomic E-state index is 11.6. The van der Waals surface area contributed by atoms with Gasteiger partial charge in [0.1, 0.15) is 35.2 Å². The lowest BCUT2D eigenvalue weighted by Gasteiger charge is -2.45. The second kappa shape index (κ2) is 12.2. The van der Waals surface area contributed by atoms with Crippen LogP contribution in [0.1, 0.15) is 50.3 Å². The average Bonchev–Trinajstić information content (AvgIpc) is 3.01. The van der Waals surface area contributed by atoms with Crippen LogP contribution in [0.3, 0.4) is 0 Å². The number of rotatable bonds is 6. The third-order valence-electron chi connectivity index (χ3n) is 9.66. The van der Waals surface area contributed by atoms with E-state index in [1.807, 2.05) is 0 Å². The molecule has 3 aromatic rings. The lowest BCUT2D eigenvalue weighted by Crippen LogP contribution is -2.56. The Morgan fingerprint density at radius 3 is 2.07 bits per heavy atom. The molecule has 14 heteroatoms. The van der Waals surface area contributed by atoms with E-state index in [4.69, 9.17) is 24.7 Å². The molecule has 0 amide bonds. The van der Waals surface area contributed by atoms with Gasteiger partial charge in [-0.2, -0.15) is 0 Å². The van der Waals surface area contributed by atoms with Gasteiger partial charge in [0.15, 0.2) is 12.6 Å². The molecular formula is C32H41NO13. The summed E-state index contributed by atoms with van der Waals surface area (Å²) in [5.74, 6) is -1.91. The summed E-state index contributed by atoms with van der Waals surface area (Å²) in [5, 5.41) is 98.5. The average molecular weight is 648 g/mol. The maximum Gasteiger partial charge on any atom is 0.161 e. The maximum absolute atomic E-state index is 11.6. The molecule has 2 saturated heterocycles. The molecule has 11 N–H and O–H groups in total. The Morgan fingerprint density at radius 2 is 1.48 bits per heavy atom. The Labute approximate surface area is 263 Å². The third-order valence-corrected chi connectivity index (χ3v) is 9.66. The van der Waals surface area contributed by atoms with E-state index in [0.717, 1.165) is 0 Å². The first-order valence-corrected chi connectivity index (χ1v) is 15.3. The number of benzene rings is 3. The van der Waals surface area contributed by atoms with E-state index in [1.165, 1.54) is 12.1 Å². The van der Waals surface area contributed by atoms with E-state index in [1.54, 1.807) is 26.0 Å². The molecule has 0 saturated carbocycles. The standard InChI is InChI=1S/C32H41NO13/c1-12-26(37)17(33)7-21(43-12)46-31-13(2)44-22(8-18(31)35)45-19-10-32(42,20(36)11-34)9-16-23(19)30(41)25-24(29(16)40)27(38)14-5-3-4-6-15(14)28(25)39/h3-6,12-13,17-22,26,31,34-42H,7-11,33H2,1-2H3/t12-,13-,17-,18-,19-,20?,21-,22+,26+,31+,32-/m0/s1. The molecule has 6 rings (SSSR count). The first-order valence-electron chi connectivity index (χ1n) is 15.3. The van der Waals surface area contributed by atoms with Gasteiger partial charge in [0, 0.05) is 53.6 Å². The summed E-state index contributed by atoms with van der Waals surface area (Å²) in [6.07, 6.45) is -9.85. The number of ether oxygens (including phenoxy) is 4. The topological polar surface area (TPSA) is 245 Å². The summed E-state index contributed by atoms with van der Waals surface area (Å²) >= 11 is 0. The molecular weight excluding hydrogens is 606 g/mol. The second-order valence-electron chi connectivity index (χ2n) is 12.7. The van der Waals surface area contributed by atoms with Gasteiger partial charge in [0.25, 0.3) is 0 Å². The van der Waals surface area contributed by atoms with Gasteiger partial charge >= 0.3 is 0 Å². The number of nitrogens with two attached hydrogens (primary N) is 1. The van der Waals surface area contributed by atoms with E-state index in [0.29, 0.717) is 0 Å². The molecule has 2 heterocycles. The monoisotopic (exact) mass is 647 g/mol. The van der Waals surface area contributed by atoms with Gasteiger partial charge in [-0.05, 0) is 13.8 Å². The Morgan fingerprint density at radius 1 is 0.891 bits per heavy atom. The van der Waals surface area contributed by atoms with Gasteiger partial charge in [-0.1, -0.05) is 24.3 Å². The molecule has 3 aromatic carbocycles. The van der Waals surface area contributed by atoms with Crippen molar-refractivity contribution in [2.75, 3.05) is 6.61 Å². The number of fused-ring (bicyclic) bond motifs is 3. The summed E-state index contributed by atoms with van der Waals surface area (Å²) in [6, 6.07) is 5.74. The van der Waals surface area contributed by atoms with E-state index in [9.17, 15) is 46.0 Å². The number of hydrogen-bond donors (Lipinski definition) is 10. The lowest BCUT2D eigenvalue weighted by molar-refractivity contribution is -0.312. The van der Waals surface area contributed by atoms with Gasteiger partial charge in [-0.25, -0.2) is 0 Å². The zero-order valence-electron chi connectivity index (χ0n) is 25.4. The first-order chi connectivity index (χ1) is 21.7. The van der Waals surface area contributed by atoms with Gasteiger partial charge in [0.05, 0.1) is 53.5 Å². The third kappa shape index (κ3) is 5.42. The molecule has 0 bridgehead atoms. The van der Waals surface area contributed by atoms with Gasteiger partial charge < -0.3 is 70.6 Å². The lowest BCUT2D eigenvalue weighted by atomic mass is 9.74. The van der Waals surface area contributed by atoms with Crippen LogP contribution in [0, 0.1) is 0 Å². The molecule has 252 valence electrons. The summed E-state index contributed by atoms with van der Waals surface area (Å²) in [7, 11) is 0. The minimum atomic E-state index is -2.05. The van der Waals surface area contributed by atoms with Crippen molar-refractivity contribution in [3.63, 3.8) is 0 Å². The second-order valence-corrected chi connectivity index (χ2v) is 12.7. The Kier molecular flexibility index (Phi) is 8.73. The van der Waals surface area contributed by atoms with Crippen LogP contribution >= 0.6 is 0 Å². The smallest absolute Gasteiger partial charge is 0.161 e. The molecule has 46 heavy (non-hydrogen) atoms. The van der Waals surface area contributed by atoms with E-state index >= 15 is 0 Å². The van der Waals surface area contributed by atoms with Crippen molar-refractivity contribution < 1.29 is 64.9 Å². The molecule has 11 atom stereocenters. The van der Waals surface area contributed by atoms with Gasteiger partial charge in [-0.15, -0.1) is 0 Å². The number of phenolic OH excluding ortho intramolecular Hbond substituents is 4. The molecule has 2 fully saturated rings. The highest BCUT2D eigenvalue weighted by Gasteiger charge is 2.49. The van der Waals surface area contributed by atoms with E-state index in [2.05, 4.69) is 0 Å². The molecule has 3 aliphatic rings. The fourth-order valence-electron chi connectivity index (χ4n) is 7.12.